The van der Waals surface area contributed by atoms with E-state index in [1.807, 2.05) is 0 Å². The Labute approximate surface area is 122 Å². The van der Waals surface area contributed by atoms with Gasteiger partial charge in [-0.1, -0.05) is 0 Å². The number of amides is 1. The number of nitrogens with one attached hydrogen (secondary N) is 1. The Hall–Kier alpha value is -2.70. The summed E-state index contributed by atoms with van der Waals surface area (Å²) in [7, 11) is 3.07. The van der Waals surface area contributed by atoms with Crippen LogP contribution in [0.5, 0.6) is 11.5 Å². The normalized spacial score (nSPS) is 10.2. The van der Waals surface area contributed by atoms with Crippen LogP contribution in [-0.2, 0) is 6.54 Å². The van der Waals surface area contributed by atoms with Gasteiger partial charge in [0.1, 0.15) is 11.5 Å². The summed E-state index contributed by atoms with van der Waals surface area (Å²) in [4.78, 5) is 12.1. The lowest BCUT2D eigenvalue weighted by molar-refractivity contribution is 0.0949. The summed E-state index contributed by atoms with van der Waals surface area (Å²) >= 11 is 0. The van der Waals surface area contributed by atoms with Gasteiger partial charge in [-0.25, -0.2) is 0 Å². The number of anilines is 1. The van der Waals surface area contributed by atoms with Crippen LogP contribution in [0.25, 0.3) is 0 Å². The van der Waals surface area contributed by atoms with E-state index in [1.54, 1.807) is 42.4 Å². The van der Waals surface area contributed by atoms with E-state index < -0.39 is 0 Å². The summed E-state index contributed by atoms with van der Waals surface area (Å²) in [6.45, 7) is 0.983. The van der Waals surface area contributed by atoms with Gasteiger partial charge in [-0.3, -0.25) is 9.48 Å². The molecule has 0 aliphatic carbocycles. The highest BCUT2D eigenvalue weighted by atomic mass is 16.5. The van der Waals surface area contributed by atoms with Crippen LogP contribution in [0.15, 0.2) is 30.6 Å². The molecule has 112 valence electrons. The van der Waals surface area contributed by atoms with E-state index in [0.717, 1.165) is 0 Å². The van der Waals surface area contributed by atoms with Crippen molar-refractivity contribution in [3.8, 4) is 11.5 Å². The fraction of sp³-hybridized carbons (Fsp3) is 0.286. The number of aromatic nitrogens is 2. The Kier molecular flexibility index (Phi) is 4.65. The van der Waals surface area contributed by atoms with Gasteiger partial charge in [0, 0.05) is 18.8 Å². The van der Waals surface area contributed by atoms with Crippen LogP contribution in [-0.4, -0.2) is 36.5 Å². The number of benzene rings is 1. The predicted molar refractivity (Wildman–Crippen MR) is 78.5 cm³/mol. The molecule has 0 saturated heterocycles. The Morgan fingerprint density at radius 3 is 2.81 bits per heavy atom. The smallest absolute Gasteiger partial charge is 0.255 e. The molecule has 0 spiro atoms. The minimum Gasteiger partial charge on any atom is -0.497 e. The number of hydrogen-bond acceptors (Lipinski definition) is 5. The van der Waals surface area contributed by atoms with Crippen molar-refractivity contribution in [2.24, 2.45) is 0 Å². The van der Waals surface area contributed by atoms with Crippen molar-refractivity contribution in [3.63, 3.8) is 0 Å². The zero-order valence-corrected chi connectivity index (χ0v) is 12.0. The minimum atomic E-state index is -0.213. The number of methoxy groups -OCH3 is 2. The first kappa shape index (κ1) is 14.7. The first-order valence-electron chi connectivity index (χ1n) is 6.42. The van der Waals surface area contributed by atoms with E-state index in [4.69, 9.17) is 15.2 Å². The Morgan fingerprint density at radius 1 is 1.38 bits per heavy atom. The van der Waals surface area contributed by atoms with Gasteiger partial charge in [-0.2, -0.15) is 5.10 Å². The summed E-state index contributed by atoms with van der Waals surface area (Å²) in [5.41, 5.74) is 6.62. The highest BCUT2D eigenvalue weighted by Crippen LogP contribution is 2.24. The highest BCUT2D eigenvalue weighted by molar-refractivity contribution is 5.97. The van der Waals surface area contributed by atoms with Crippen molar-refractivity contribution in [1.82, 2.24) is 15.1 Å². The quantitative estimate of drug-likeness (QED) is 0.825. The SMILES string of the molecule is COc1ccc(C(=O)NCCn2cc(N)cn2)c(OC)c1. The molecule has 0 bridgehead atoms. The predicted octanol–water partition coefficient (Wildman–Crippen LogP) is 0.912. The molecular weight excluding hydrogens is 272 g/mol. The molecule has 7 nitrogen and oxygen atoms in total. The monoisotopic (exact) mass is 290 g/mol. The maximum absolute atomic E-state index is 12.1. The third kappa shape index (κ3) is 3.65. The molecule has 1 heterocycles. The lowest BCUT2D eigenvalue weighted by Gasteiger charge is -2.10. The molecule has 0 unspecified atom stereocenters. The number of carbonyl (C=O) groups excluding carboxylic acids is 1. The van der Waals surface area contributed by atoms with Gasteiger partial charge in [0.2, 0.25) is 0 Å². The van der Waals surface area contributed by atoms with Crippen LogP contribution in [0.2, 0.25) is 0 Å². The van der Waals surface area contributed by atoms with Gasteiger partial charge in [-0.15, -0.1) is 0 Å². The fourth-order valence-corrected chi connectivity index (χ4v) is 1.87. The third-order valence-electron chi connectivity index (χ3n) is 2.93. The van der Waals surface area contributed by atoms with Crippen molar-refractivity contribution in [2.45, 2.75) is 6.54 Å². The molecule has 0 fully saturated rings. The van der Waals surface area contributed by atoms with Crippen molar-refractivity contribution in [1.29, 1.82) is 0 Å². The summed E-state index contributed by atoms with van der Waals surface area (Å²) in [5, 5.41) is 6.85. The number of nitrogens with zero attached hydrogens (tertiary/aromatic N) is 2. The number of ether oxygens (including phenoxy) is 2. The molecule has 1 amide bonds. The molecule has 7 heteroatoms. The molecule has 21 heavy (non-hydrogen) atoms. The average Bonchev–Trinajstić information content (AvgIpc) is 2.91. The molecule has 0 aliphatic rings. The van der Waals surface area contributed by atoms with Gasteiger partial charge in [0.05, 0.1) is 38.2 Å². The van der Waals surface area contributed by atoms with Crippen LogP contribution >= 0.6 is 0 Å². The van der Waals surface area contributed by atoms with E-state index in [-0.39, 0.29) is 5.91 Å². The first-order valence-corrected chi connectivity index (χ1v) is 6.42. The topological polar surface area (TPSA) is 91.4 Å². The maximum atomic E-state index is 12.1. The molecule has 1 aromatic carbocycles. The minimum absolute atomic E-state index is 0.213. The standard InChI is InChI=1S/C14H18N4O3/c1-20-11-3-4-12(13(7-11)21-2)14(19)16-5-6-18-9-10(15)8-17-18/h3-4,7-9H,5-6,15H2,1-2H3,(H,16,19). The van der Waals surface area contributed by atoms with Crippen LogP contribution < -0.4 is 20.5 Å². The third-order valence-corrected chi connectivity index (χ3v) is 2.93. The van der Waals surface area contributed by atoms with Crippen molar-refractivity contribution in [3.05, 3.63) is 36.2 Å². The van der Waals surface area contributed by atoms with Crippen LogP contribution in [0, 0.1) is 0 Å². The Balaban J connectivity index is 1.96. The first-order chi connectivity index (χ1) is 10.1. The Morgan fingerprint density at radius 2 is 2.19 bits per heavy atom. The summed E-state index contributed by atoms with van der Waals surface area (Å²) < 4.78 is 12.0. The number of rotatable bonds is 6. The molecule has 2 rings (SSSR count). The number of carbonyl (C=O) groups is 1. The number of nitrogens with two attached hydrogens (primary N) is 1. The second-order valence-corrected chi connectivity index (χ2v) is 4.36. The van der Waals surface area contributed by atoms with Gasteiger partial charge >= 0.3 is 0 Å². The van der Waals surface area contributed by atoms with Gasteiger partial charge in [0.15, 0.2) is 0 Å². The molecule has 1 aromatic heterocycles. The summed E-state index contributed by atoms with van der Waals surface area (Å²) in [6.07, 6.45) is 3.27. The molecule has 0 aliphatic heterocycles. The van der Waals surface area contributed by atoms with Crippen LogP contribution in [0.1, 0.15) is 10.4 Å². The maximum Gasteiger partial charge on any atom is 0.255 e. The van der Waals surface area contributed by atoms with E-state index in [1.165, 1.54) is 7.11 Å². The lowest BCUT2D eigenvalue weighted by Crippen LogP contribution is -2.27. The van der Waals surface area contributed by atoms with Crippen LogP contribution in [0.4, 0.5) is 5.69 Å². The zero-order valence-electron chi connectivity index (χ0n) is 12.0. The van der Waals surface area contributed by atoms with E-state index in [0.29, 0.717) is 35.8 Å². The lowest BCUT2D eigenvalue weighted by atomic mass is 10.1. The average molecular weight is 290 g/mol. The fourth-order valence-electron chi connectivity index (χ4n) is 1.87. The highest BCUT2D eigenvalue weighted by Gasteiger charge is 2.12. The molecule has 3 N–H and O–H groups in total. The largest absolute Gasteiger partial charge is 0.497 e. The second kappa shape index (κ2) is 6.65. The number of nitrogen functional groups attached to an aromatic ring is 1. The Bertz CT molecular complexity index is 624. The zero-order chi connectivity index (χ0) is 15.2. The van der Waals surface area contributed by atoms with E-state index in [9.17, 15) is 4.79 Å². The summed E-state index contributed by atoms with van der Waals surface area (Å²) in [5.74, 6) is 0.889. The molecule has 0 radical (unpaired) electrons. The second-order valence-electron chi connectivity index (χ2n) is 4.36. The molecule has 0 atom stereocenters. The van der Waals surface area contributed by atoms with Gasteiger partial charge in [0.25, 0.3) is 5.91 Å². The van der Waals surface area contributed by atoms with Crippen molar-refractivity contribution < 1.29 is 14.3 Å². The van der Waals surface area contributed by atoms with Gasteiger partial charge < -0.3 is 20.5 Å². The molecule has 0 saturated carbocycles. The van der Waals surface area contributed by atoms with Gasteiger partial charge in [-0.05, 0) is 12.1 Å². The summed E-state index contributed by atoms with van der Waals surface area (Å²) in [6, 6.07) is 5.05. The van der Waals surface area contributed by atoms with Crippen LogP contribution in [0.3, 0.4) is 0 Å². The van der Waals surface area contributed by atoms with E-state index in [2.05, 4.69) is 10.4 Å². The van der Waals surface area contributed by atoms with Crippen molar-refractivity contribution in [2.75, 3.05) is 26.5 Å². The van der Waals surface area contributed by atoms with E-state index >= 15 is 0 Å². The number of hydrogen-bond donors (Lipinski definition) is 2. The molecular formula is C14H18N4O3. The molecule has 2 aromatic rings. The van der Waals surface area contributed by atoms with Crippen molar-refractivity contribution >= 4 is 11.6 Å².